The Morgan fingerprint density at radius 3 is 2.50 bits per heavy atom. The Bertz CT molecular complexity index is 863. The quantitative estimate of drug-likeness (QED) is 0.643. The molecule has 1 spiro atoms. The highest BCUT2D eigenvalue weighted by Crippen LogP contribution is 2.45. The van der Waals surface area contributed by atoms with E-state index in [1.807, 2.05) is 19.3 Å². The number of nitro groups is 1. The second kappa shape index (κ2) is 7.43. The molecule has 2 fully saturated rings. The molecular weight excluding hydrogens is 358 g/mol. The smallest absolute Gasteiger partial charge is 0.311 e. The van der Waals surface area contributed by atoms with E-state index in [-0.39, 0.29) is 10.6 Å². The van der Waals surface area contributed by atoms with Gasteiger partial charge in [0.25, 0.3) is 0 Å². The van der Waals surface area contributed by atoms with E-state index in [1.54, 1.807) is 16.9 Å². The predicted octanol–water partition coefficient (Wildman–Crippen LogP) is 2.97. The lowest BCUT2D eigenvalue weighted by Gasteiger charge is -2.45. The highest BCUT2D eigenvalue weighted by atomic mass is 16.6. The van der Waals surface area contributed by atoms with Crippen LogP contribution in [-0.2, 0) is 7.05 Å². The number of piperidine rings is 2. The minimum atomic E-state index is -0.386. The number of aromatic nitrogens is 2. The summed E-state index contributed by atoms with van der Waals surface area (Å²) < 4.78 is 7.06. The van der Waals surface area contributed by atoms with E-state index in [2.05, 4.69) is 15.3 Å². The van der Waals surface area contributed by atoms with E-state index in [4.69, 9.17) is 4.74 Å². The minimum absolute atomic E-state index is 0.0167. The van der Waals surface area contributed by atoms with Crippen LogP contribution in [-0.4, -0.2) is 48.0 Å². The maximum atomic E-state index is 11.5. The molecule has 4 rings (SSSR count). The van der Waals surface area contributed by atoms with E-state index in [9.17, 15) is 10.1 Å². The van der Waals surface area contributed by atoms with Gasteiger partial charge in [-0.05, 0) is 44.2 Å². The van der Waals surface area contributed by atoms with Gasteiger partial charge in [0.1, 0.15) is 0 Å². The molecule has 1 N–H and O–H groups in total. The third kappa shape index (κ3) is 3.44. The van der Waals surface area contributed by atoms with Gasteiger partial charge >= 0.3 is 5.69 Å². The number of anilines is 1. The Morgan fingerprint density at radius 2 is 1.93 bits per heavy atom. The van der Waals surface area contributed by atoms with Crippen LogP contribution in [0, 0.1) is 15.5 Å². The van der Waals surface area contributed by atoms with Crippen molar-refractivity contribution in [3.8, 4) is 16.9 Å². The molecule has 150 valence electrons. The number of nitrogens with one attached hydrogen (secondary N) is 1. The van der Waals surface area contributed by atoms with Gasteiger partial charge in [0, 0.05) is 55.3 Å². The molecule has 0 unspecified atom stereocenters. The van der Waals surface area contributed by atoms with Crippen LogP contribution in [0.3, 0.4) is 0 Å². The SMILES string of the molecule is COc1cc(N2CCC3(CCNCC3)CC2)c(-c2cnn(C)c2)cc1[N+](=O)[O-]. The Kier molecular flexibility index (Phi) is 4.97. The molecule has 2 aliphatic rings. The summed E-state index contributed by atoms with van der Waals surface area (Å²) in [4.78, 5) is 13.5. The average molecular weight is 385 g/mol. The van der Waals surface area contributed by atoms with Crippen LogP contribution in [0.1, 0.15) is 25.7 Å². The van der Waals surface area contributed by atoms with E-state index in [0.29, 0.717) is 11.2 Å². The molecule has 8 nitrogen and oxygen atoms in total. The number of nitro benzene ring substituents is 1. The fourth-order valence-electron chi connectivity index (χ4n) is 4.60. The van der Waals surface area contributed by atoms with Crippen molar-refractivity contribution < 1.29 is 9.66 Å². The van der Waals surface area contributed by atoms with Crippen molar-refractivity contribution in [1.29, 1.82) is 0 Å². The molecule has 2 aromatic rings. The lowest BCUT2D eigenvalue weighted by molar-refractivity contribution is -0.385. The summed E-state index contributed by atoms with van der Waals surface area (Å²) in [5, 5.41) is 19.3. The summed E-state index contributed by atoms with van der Waals surface area (Å²) >= 11 is 0. The Hall–Kier alpha value is -2.61. The van der Waals surface area contributed by atoms with Crippen molar-refractivity contribution >= 4 is 11.4 Å². The zero-order chi connectivity index (χ0) is 19.7. The molecule has 0 atom stereocenters. The molecule has 1 aromatic heterocycles. The molecular formula is C20H27N5O3. The van der Waals surface area contributed by atoms with Gasteiger partial charge in [0.15, 0.2) is 5.75 Å². The number of benzene rings is 1. The summed E-state index contributed by atoms with van der Waals surface area (Å²) in [7, 11) is 3.33. The van der Waals surface area contributed by atoms with E-state index in [0.717, 1.165) is 55.8 Å². The lowest BCUT2D eigenvalue weighted by Crippen LogP contribution is -2.45. The van der Waals surface area contributed by atoms with Crippen LogP contribution >= 0.6 is 0 Å². The van der Waals surface area contributed by atoms with Crippen LogP contribution in [0.2, 0.25) is 0 Å². The van der Waals surface area contributed by atoms with Crippen LogP contribution in [0.25, 0.3) is 11.1 Å². The Balaban J connectivity index is 1.70. The van der Waals surface area contributed by atoms with Gasteiger partial charge in [-0.2, -0.15) is 5.10 Å². The highest BCUT2D eigenvalue weighted by Gasteiger charge is 2.36. The van der Waals surface area contributed by atoms with Gasteiger partial charge in [-0.15, -0.1) is 0 Å². The number of rotatable bonds is 4. The van der Waals surface area contributed by atoms with Gasteiger partial charge in [-0.25, -0.2) is 0 Å². The fourth-order valence-corrected chi connectivity index (χ4v) is 4.60. The van der Waals surface area contributed by atoms with Crippen molar-refractivity contribution in [2.24, 2.45) is 12.5 Å². The summed E-state index contributed by atoms with van der Waals surface area (Å²) in [6.45, 7) is 4.11. The summed E-state index contributed by atoms with van der Waals surface area (Å²) in [6.07, 6.45) is 8.43. The van der Waals surface area contributed by atoms with E-state index < -0.39 is 0 Å². The number of hydrogen-bond donors (Lipinski definition) is 1. The lowest BCUT2D eigenvalue weighted by atomic mass is 9.71. The van der Waals surface area contributed by atoms with Gasteiger partial charge in [0.2, 0.25) is 0 Å². The summed E-state index contributed by atoms with van der Waals surface area (Å²) in [6, 6.07) is 3.45. The van der Waals surface area contributed by atoms with Crippen molar-refractivity contribution in [3.63, 3.8) is 0 Å². The van der Waals surface area contributed by atoms with Crippen LogP contribution in [0.15, 0.2) is 24.5 Å². The number of methoxy groups -OCH3 is 1. The topological polar surface area (TPSA) is 85.5 Å². The highest BCUT2D eigenvalue weighted by molar-refractivity contribution is 5.82. The first kappa shape index (κ1) is 18.7. The monoisotopic (exact) mass is 385 g/mol. The normalized spacial score (nSPS) is 19.0. The van der Waals surface area contributed by atoms with Gasteiger partial charge in [0.05, 0.1) is 18.2 Å². The van der Waals surface area contributed by atoms with Gasteiger partial charge < -0.3 is 15.0 Å². The molecule has 0 amide bonds. The molecule has 2 aliphatic heterocycles. The zero-order valence-electron chi connectivity index (χ0n) is 16.5. The van der Waals surface area contributed by atoms with Crippen LogP contribution in [0.4, 0.5) is 11.4 Å². The number of hydrogen-bond acceptors (Lipinski definition) is 6. The third-order valence-electron chi connectivity index (χ3n) is 6.34. The molecule has 3 heterocycles. The Labute approximate surface area is 164 Å². The molecule has 2 saturated heterocycles. The molecule has 0 saturated carbocycles. The number of nitrogens with zero attached hydrogens (tertiary/aromatic N) is 4. The summed E-state index contributed by atoms with van der Waals surface area (Å²) in [5.74, 6) is 0.301. The standard InChI is InChI=1S/C20H27N5O3/c1-23-14-15(13-22-23)16-11-18(25(26)27)19(28-2)12-17(16)24-9-5-20(6-10-24)3-7-21-8-4-20/h11-14,21H,3-10H2,1-2H3. The number of ether oxygens (including phenoxy) is 1. The largest absolute Gasteiger partial charge is 0.490 e. The molecule has 0 bridgehead atoms. The first-order valence-electron chi connectivity index (χ1n) is 9.82. The van der Waals surface area contributed by atoms with Crippen LogP contribution < -0.4 is 15.0 Å². The molecule has 28 heavy (non-hydrogen) atoms. The fraction of sp³-hybridized carbons (Fsp3) is 0.550. The predicted molar refractivity (Wildman–Crippen MR) is 108 cm³/mol. The first-order valence-corrected chi connectivity index (χ1v) is 9.82. The number of aryl methyl sites for hydroxylation is 1. The van der Waals surface area contributed by atoms with E-state index >= 15 is 0 Å². The molecule has 1 aromatic carbocycles. The van der Waals surface area contributed by atoms with Crippen molar-refractivity contribution in [3.05, 3.63) is 34.6 Å². The maximum Gasteiger partial charge on any atom is 0.311 e. The minimum Gasteiger partial charge on any atom is -0.490 e. The molecule has 0 aliphatic carbocycles. The van der Waals surface area contributed by atoms with Gasteiger partial charge in [-0.1, -0.05) is 0 Å². The molecule has 8 heteroatoms. The van der Waals surface area contributed by atoms with Crippen molar-refractivity contribution in [2.75, 3.05) is 38.2 Å². The average Bonchev–Trinajstić information content (AvgIpc) is 3.14. The second-order valence-electron chi connectivity index (χ2n) is 7.94. The zero-order valence-corrected chi connectivity index (χ0v) is 16.5. The first-order chi connectivity index (χ1) is 13.5. The van der Waals surface area contributed by atoms with Gasteiger partial charge in [-0.3, -0.25) is 14.8 Å². The van der Waals surface area contributed by atoms with E-state index in [1.165, 1.54) is 20.0 Å². The second-order valence-corrected chi connectivity index (χ2v) is 7.94. The Morgan fingerprint density at radius 1 is 1.21 bits per heavy atom. The van der Waals surface area contributed by atoms with Crippen LogP contribution in [0.5, 0.6) is 5.75 Å². The third-order valence-corrected chi connectivity index (χ3v) is 6.34. The van der Waals surface area contributed by atoms with Crippen molar-refractivity contribution in [1.82, 2.24) is 15.1 Å². The summed E-state index contributed by atoms with van der Waals surface area (Å²) in [5.41, 5.74) is 3.13. The molecule has 0 radical (unpaired) electrons. The van der Waals surface area contributed by atoms with Crippen molar-refractivity contribution in [2.45, 2.75) is 25.7 Å². The maximum absolute atomic E-state index is 11.5.